The minimum absolute atomic E-state index is 0.0754. The summed E-state index contributed by atoms with van der Waals surface area (Å²) in [6.07, 6.45) is 1.80. The third-order valence-corrected chi connectivity index (χ3v) is 4.05. The summed E-state index contributed by atoms with van der Waals surface area (Å²) in [6, 6.07) is 6.67. The van der Waals surface area contributed by atoms with Crippen LogP contribution >= 0.6 is 0 Å². The lowest BCUT2D eigenvalue weighted by Gasteiger charge is -2.30. The number of likely N-dealkylation sites (tertiary alicyclic amines) is 1. The SMILES string of the molecule is CCN1CCC(C(=O)NCc2cccc(C(=O)O)c2)CC1. The van der Waals surface area contributed by atoms with Crippen LogP contribution in [0.4, 0.5) is 0 Å². The lowest BCUT2D eigenvalue weighted by molar-refractivity contribution is -0.126. The number of benzene rings is 1. The molecular weight excluding hydrogens is 268 g/mol. The van der Waals surface area contributed by atoms with Gasteiger partial charge in [0.15, 0.2) is 0 Å². The van der Waals surface area contributed by atoms with Crippen LogP contribution in [-0.4, -0.2) is 41.5 Å². The second-order valence-electron chi connectivity index (χ2n) is 5.43. The number of carbonyl (C=O) groups is 2. The summed E-state index contributed by atoms with van der Waals surface area (Å²) in [6.45, 7) is 5.51. The Bertz CT molecular complexity index is 508. The van der Waals surface area contributed by atoms with Gasteiger partial charge in [0, 0.05) is 12.5 Å². The van der Waals surface area contributed by atoms with Crippen molar-refractivity contribution in [3.63, 3.8) is 0 Å². The average molecular weight is 290 g/mol. The van der Waals surface area contributed by atoms with Crippen molar-refractivity contribution in [1.82, 2.24) is 10.2 Å². The molecule has 1 amide bonds. The highest BCUT2D eigenvalue weighted by Gasteiger charge is 2.23. The number of aromatic carboxylic acids is 1. The number of carboxylic acid groups (broad SMARTS) is 1. The molecule has 2 N–H and O–H groups in total. The molecule has 0 atom stereocenters. The predicted molar refractivity (Wildman–Crippen MR) is 80.1 cm³/mol. The number of hydrogen-bond acceptors (Lipinski definition) is 3. The molecular formula is C16H22N2O3. The van der Waals surface area contributed by atoms with E-state index >= 15 is 0 Å². The smallest absolute Gasteiger partial charge is 0.335 e. The Hall–Kier alpha value is -1.88. The molecule has 0 aliphatic carbocycles. The molecule has 114 valence electrons. The largest absolute Gasteiger partial charge is 0.478 e. The fourth-order valence-electron chi connectivity index (χ4n) is 2.66. The maximum atomic E-state index is 12.1. The lowest BCUT2D eigenvalue weighted by Crippen LogP contribution is -2.40. The van der Waals surface area contributed by atoms with E-state index in [0.29, 0.717) is 6.54 Å². The van der Waals surface area contributed by atoms with Gasteiger partial charge in [-0.15, -0.1) is 0 Å². The fourth-order valence-corrected chi connectivity index (χ4v) is 2.66. The summed E-state index contributed by atoms with van der Waals surface area (Å²) in [5, 5.41) is 11.9. The van der Waals surface area contributed by atoms with E-state index < -0.39 is 5.97 Å². The van der Waals surface area contributed by atoms with Crippen molar-refractivity contribution in [2.24, 2.45) is 5.92 Å². The molecule has 1 aliphatic heterocycles. The quantitative estimate of drug-likeness (QED) is 0.866. The lowest BCUT2D eigenvalue weighted by atomic mass is 9.96. The van der Waals surface area contributed by atoms with E-state index in [1.165, 1.54) is 0 Å². The summed E-state index contributed by atoms with van der Waals surface area (Å²) >= 11 is 0. The highest BCUT2D eigenvalue weighted by Crippen LogP contribution is 2.17. The van der Waals surface area contributed by atoms with Crippen molar-refractivity contribution >= 4 is 11.9 Å². The second-order valence-corrected chi connectivity index (χ2v) is 5.43. The molecule has 2 rings (SSSR count). The molecule has 0 spiro atoms. The van der Waals surface area contributed by atoms with E-state index in [1.807, 2.05) is 6.07 Å². The zero-order valence-electron chi connectivity index (χ0n) is 12.3. The van der Waals surface area contributed by atoms with Gasteiger partial charge in [0.2, 0.25) is 5.91 Å². The summed E-state index contributed by atoms with van der Waals surface area (Å²) < 4.78 is 0. The van der Waals surface area contributed by atoms with Gasteiger partial charge in [-0.2, -0.15) is 0 Å². The molecule has 0 bridgehead atoms. The van der Waals surface area contributed by atoms with Gasteiger partial charge in [-0.1, -0.05) is 19.1 Å². The van der Waals surface area contributed by atoms with Crippen molar-refractivity contribution in [2.75, 3.05) is 19.6 Å². The number of piperidine rings is 1. The van der Waals surface area contributed by atoms with E-state index in [-0.39, 0.29) is 17.4 Å². The number of carbonyl (C=O) groups excluding carboxylic acids is 1. The molecule has 0 radical (unpaired) electrons. The van der Waals surface area contributed by atoms with Crippen LogP contribution in [0.15, 0.2) is 24.3 Å². The molecule has 0 unspecified atom stereocenters. The van der Waals surface area contributed by atoms with Crippen LogP contribution < -0.4 is 5.32 Å². The first-order valence-corrected chi connectivity index (χ1v) is 7.42. The van der Waals surface area contributed by atoms with Crippen molar-refractivity contribution < 1.29 is 14.7 Å². The fraction of sp³-hybridized carbons (Fsp3) is 0.500. The number of rotatable bonds is 5. The Balaban J connectivity index is 1.84. The first-order valence-electron chi connectivity index (χ1n) is 7.42. The third-order valence-electron chi connectivity index (χ3n) is 4.05. The van der Waals surface area contributed by atoms with Gasteiger partial charge in [0.05, 0.1) is 5.56 Å². The van der Waals surface area contributed by atoms with Gasteiger partial charge in [-0.3, -0.25) is 4.79 Å². The molecule has 0 saturated carbocycles. The molecule has 1 aromatic carbocycles. The molecule has 5 heteroatoms. The van der Waals surface area contributed by atoms with Gasteiger partial charge in [-0.05, 0) is 50.2 Å². The van der Waals surface area contributed by atoms with Crippen molar-refractivity contribution in [3.8, 4) is 0 Å². The van der Waals surface area contributed by atoms with E-state index in [9.17, 15) is 9.59 Å². The molecule has 0 aromatic heterocycles. The van der Waals surface area contributed by atoms with Gasteiger partial charge >= 0.3 is 5.97 Å². The Morgan fingerprint density at radius 1 is 1.33 bits per heavy atom. The zero-order chi connectivity index (χ0) is 15.2. The molecule has 1 aromatic rings. The predicted octanol–water partition coefficient (Wildman–Crippen LogP) is 1.73. The van der Waals surface area contributed by atoms with E-state index in [1.54, 1.807) is 18.2 Å². The number of amides is 1. The molecule has 1 saturated heterocycles. The van der Waals surface area contributed by atoms with E-state index in [2.05, 4.69) is 17.1 Å². The van der Waals surface area contributed by atoms with Gasteiger partial charge in [0.1, 0.15) is 0 Å². The summed E-state index contributed by atoms with van der Waals surface area (Å²) in [7, 11) is 0. The standard InChI is InChI=1S/C16H22N2O3/c1-2-18-8-6-13(7-9-18)15(19)17-11-12-4-3-5-14(10-12)16(20)21/h3-5,10,13H,2,6-9,11H2,1H3,(H,17,19)(H,20,21). The molecule has 1 fully saturated rings. The summed E-state index contributed by atoms with van der Waals surface area (Å²) in [5.74, 6) is -0.794. The monoisotopic (exact) mass is 290 g/mol. The van der Waals surface area contributed by atoms with Crippen LogP contribution in [0, 0.1) is 5.92 Å². The van der Waals surface area contributed by atoms with Crippen LogP contribution in [0.3, 0.4) is 0 Å². The van der Waals surface area contributed by atoms with Crippen LogP contribution in [0.25, 0.3) is 0 Å². The van der Waals surface area contributed by atoms with Crippen molar-refractivity contribution in [3.05, 3.63) is 35.4 Å². The van der Waals surface area contributed by atoms with Crippen molar-refractivity contribution in [1.29, 1.82) is 0 Å². The van der Waals surface area contributed by atoms with E-state index in [4.69, 9.17) is 5.11 Å². The van der Waals surface area contributed by atoms with Gasteiger partial charge in [0.25, 0.3) is 0 Å². The molecule has 1 aliphatic rings. The second kappa shape index (κ2) is 7.22. The highest BCUT2D eigenvalue weighted by molar-refractivity contribution is 5.87. The van der Waals surface area contributed by atoms with Gasteiger partial charge < -0.3 is 15.3 Å². The van der Waals surface area contributed by atoms with Gasteiger partial charge in [-0.25, -0.2) is 4.79 Å². The molecule has 5 nitrogen and oxygen atoms in total. The minimum Gasteiger partial charge on any atom is -0.478 e. The number of nitrogens with zero attached hydrogens (tertiary/aromatic N) is 1. The molecule has 1 heterocycles. The first-order chi connectivity index (χ1) is 10.1. The minimum atomic E-state index is -0.949. The number of hydrogen-bond donors (Lipinski definition) is 2. The Morgan fingerprint density at radius 3 is 2.67 bits per heavy atom. The van der Waals surface area contributed by atoms with Crippen LogP contribution in [0.2, 0.25) is 0 Å². The maximum absolute atomic E-state index is 12.1. The average Bonchev–Trinajstić information content (AvgIpc) is 2.53. The number of carboxylic acids is 1. The molecule has 21 heavy (non-hydrogen) atoms. The summed E-state index contributed by atoms with van der Waals surface area (Å²) in [5.41, 5.74) is 1.06. The van der Waals surface area contributed by atoms with Crippen LogP contribution in [0.5, 0.6) is 0 Å². The van der Waals surface area contributed by atoms with Crippen LogP contribution in [-0.2, 0) is 11.3 Å². The Morgan fingerprint density at radius 2 is 2.05 bits per heavy atom. The topological polar surface area (TPSA) is 69.6 Å². The normalized spacial score (nSPS) is 16.6. The van der Waals surface area contributed by atoms with Crippen molar-refractivity contribution in [2.45, 2.75) is 26.3 Å². The Labute approximate surface area is 125 Å². The van der Waals surface area contributed by atoms with Crippen LogP contribution in [0.1, 0.15) is 35.7 Å². The maximum Gasteiger partial charge on any atom is 0.335 e. The zero-order valence-corrected chi connectivity index (χ0v) is 12.3. The number of nitrogens with one attached hydrogen (secondary N) is 1. The van der Waals surface area contributed by atoms with E-state index in [0.717, 1.165) is 38.0 Å². The first kappa shape index (κ1) is 15.5. The Kier molecular flexibility index (Phi) is 5.33. The third kappa shape index (κ3) is 4.29. The summed E-state index contributed by atoms with van der Waals surface area (Å²) in [4.78, 5) is 25.4. The highest BCUT2D eigenvalue weighted by atomic mass is 16.4.